The van der Waals surface area contributed by atoms with Crippen molar-refractivity contribution >= 4 is 35.2 Å². The van der Waals surface area contributed by atoms with Crippen molar-refractivity contribution in [1.82, 2.24) is 29.7 Å². The molecule has 1 aromatic heterocycles. The molecule has 4 aromatic rings. The van der Waals surface area contributed by atoms with E-state index in [4.69, 9.17) is 0 Å². The Kier molecular flexibility index (Phi) is 22.8. The zero-order chi connectivity index (χ0) is 50.5. The first-order chi connectivity index (χ1) is 33.0. The molecule has 3 aromatic carbocycles. The molecule has 1 heterocycles. The minimum absolute atomic E-state index is 0.148. The summed E-state index contributed by atoms with van der Waals surface area (Å²) >= 11 is 0. The predicted molar refractivity (Wildman–Crippen MR) is 281 cm³/mol. The van der Waals surface area contributed by atoms with Crippen molar-refractivity contribution < 1.29 is 14.4 Å². The van der Waals surface area contributed by atoms with Crippen molar-refractivity contribution in [2.45, 2.75) is 157 Å². The van der Waals surface area contributed by atoms with Gasteiger partial charge in [0.25, 0.3) is 0 Å². The fourth-order valence-corrected chi connectivity index (χ4v) is 8.77. The topological polar surface area (TPSA) is 189 Å². The van der Waals surface area contributed by atoms with Gasteiger partial charge >= 0.3 is 35.2 Å². The van der Waals surface area contributed by atoms with Gasteiger partial charge < -0.3 is 31.9 Å². The van der Waals surface area contributed by atoms with E-state index in [1.165, 1.54) is 30.4 Å². The minimum atomic E-state index is -0.709. The first-order valence-electron chi connectivity index (χ1n) is 25.4. The number of amides is 6. The Bertz CT molecular complexity index is 2100. The van der Waals surface area contributed by atoms with Crippen LogP contribution in [0.15, 0.2) is 87.2 Å². The van der Waals surface area contributed by atoms with Crippen molar-refractivity contribution in [1.29, 1.82) is 0 Å². The van der Waals surface area contributed by atoms with Crippen molar-refractivity contribution in [3.63, 3.8) is 0 Å². The molecule has 0 saturated heterocycles. The van der Waals surface area contributed by atoms with Gasteiger partial charge in [-0.15, -0.1) is 0 Å². The lowest BCUT2D eigenvalue weighted by molar-refractivity contribution is 0.247. The first-order valence-corrected chi connectivity index (χ1v) is 25.4. The molecule has 0 saturated carbocycles. The number of nitrogens with one attached hydrogen (secondary N) is 6. The number of unbranched alkanes of at least 4 members (excludes halogenated alkanes) is 3. The van der Waals surface area contributed by atoms with Gasteiger partial charge in [-0.05, 0) is 149 Å². The number of carbonyl (C=O) groups is 3. The van der Waals surface area contributed by atoms with E-state index >= 15 is 0 Å². The van der Waals surface area contributed by atoms with Crippen molar-refractivity contribution in [2.75, 3.05) is 35.6 Å². The maximum absolute atomic E-state index is 14.4. The lowest BCUT2D eigenvalue weighted by atomic mass is 10.0. The molecule has 0 spiro atoms. The fourth-order valence-electron chi connectivity index (χ4n) is 8.77. The van der Waals surface area contributed by atoms with Gasteiger partial charge in [0.2, 0.25) is 0 Å². The molecule has 6 N–H and O–H groups in total. The molecular weight excluding hydrogens is 871 g/mol. The normalized spacial score (nSPS) is 13.9. The summed E-state index contributed by atoms with van der Waals surface area (Å²) in [5.41, 5.74) is 3.56. The van der Waals surface area contributed by atoms with Gasteiger partial charge in [-0.1, -0.05) is 97.2 Å². The lowest BCUT2D eigenvalue weighted by Gasteiger charge is -2.27. The van der Waals surface area contributed by atoms with E-state index in [0.29, 0.717) is 36.3 Å². The molecular formula is C54H81N9O6. The standard InChI is InChI=1S/C54H81N9O6/c1-10-13-16-43-19-25-46(26-20-43)58-49(64)55-34-37(4)31-40(7)61-52(67)62(41(8)32-38(5)35-56-50(65)59-47-27-21-44(22-28-47)17-14-11-2)54(69)63(53(61)68)42(9)33-39(6)36-57-51(66)60-48-29-23-45(24-30-48)18-15-12-3/h19-30,37-42H,10-18,31-36H2,1-9H3,(H2,55,58,64)(H2,56,59,65)(H2,57,60,66)/t37-,38-,39-,40+,41+,42+/m0/s1. The van der Waals surface area contributed by atoms with Crippen molar-refractivity contribution in [2.24, 2.45) is 17.8 Å². The highest BCUT2D eigenvalue weighted by atomic mass is 16.2. The van der Waals surface area contributed by atoms with E-state index in [2.05, 4.69) is 52.7 Å². The summed E-state index contributed by atoms with van der Waals surface area (Å²) in [5.74, 6) is -0.445. The van der Waals surface area contributed by atoms with E-state index in [1.807, 2.05) is 93.6 Å². The number of benzene rings is 3. The maximum atomic E-state index is 14.4. The number of hydrogen-bond acceptors (Lipinski definition) is 6. The van der Waals surface area contributed by atoms with Gasteiger partial charge in [-0.2, -0.15) is 0 Å². The smallest absolute Gasteiger partial charge is 0.336 e. The molecule has 6 amide bonds. The molecule has 0 fully saturated rings. The zero-order valence-corrected chi connectivity index (χ0v) is 42.8. The SMILES string of the molecule is CCCCc1ccc(NC(=O)NC[C@@H](C)C[C@@H](C)n2c(=O)n([C@H](C)C[C@H](C)CNC(=O)Nc3ccc(CCCC)cc3)c(=O)n([C@H](C)C[C@H](C)CNC(=O)Nc3ccc(CCCC)cc3)c2=O)cc1. The Morgan fingerprint density at radius 2 is 0.638 bits per heavy atom. The van der Waals surface area contributed by atoms with E-state index < -0.39 is 35.2 Å². The van der Waals surface area contributed by atoms with Gasteiger partial charge in [0.1, 0.15) is 0 Å². The van der Waals surface area contributed by atoms with Crippen LogP contribution < -0.4 is 49.0 Å². The van der Waals surface area contributed by atoms with Crippen LogP contribution in [-0.4, -0.2) is 51.4 Å². The molecule has 378 valence electrons. The monoisotopic (exact) mass is 952 g/mol. The fraction of sp³-hybridized carbons (Fsp3) is 0.556. The average Bonchev–Trinajstić information content (AvgIpc) is 3.31. The van der Waals surface area contributed by atoms with Crippen LogP contribution in [0.25, 0.3) is 0 Å². The van der Waals surface area contributed by atoms with Crippen LogP contribution in [0.3, 0.4) is 0 Å². The summed E-state index contributed by atoms with van der Waals surface area (Å²) in [7, 11) is 0. The quantitative estimate of drug-likeness (QED) is 0.0345. The average molecular weight is 952 g/mol. The summed E-state index contributed by atoms with van der Waals surface area (Å²) in [6.45, 7) is 18.5. The van der Waals surface area contributed by atoms with Crippen LogP contribution in [0.5, 0.6) is 0 Å². The van der Waals surface area contributed by atoms with Gasteiger partial charge in [-0.3, -0.25) is 0 Å². The number of rotatable bonds is 27. The third kappa shape index (κ3) is 18.0. The second kappa shape index (κ2) is 28.4. The molecule has 15 nitrogen and oxygen atoms in total. The molecule has 4 rings (SSSR count). The van der Waals surface area contributed by atoms with E-state index in [1.54, 1.807) is 20.8 Å². The Balaban J connectivity index is 1.47. The first kappa shape index (κ1) is 55.5. The molecule has 0 aliphatic heterocycles. The van der Waals surface area contributed by atoms with Crippen molar-refractivity contribution in [3.05, 3.63) is 121 Å². The maximum Gasteiger partial charge on any atom is 0.336 e. The molecule has 69 heavy (non-hydrogen) atoms. The highest BCUT2D eigenvalue weighted by Crippen LogP contribution is 2.20. The van der Waals surface area contributed by atoms with Crippen LogP contribution in [0.2, 0.25) is 0 Å². The molecule has 15 heteroatoms. The van der Waals surface area contributed by atoms with Gasteiger partial charge in [0.05, 0.1) is 0 Å². The Labute approximate surface area is 409 Å². The molecule has 0 aliphatic rings. The van der Waals surface area contributed by atoms with Crippen LogP contribution >= 0.6 is 0 Å². The van der Waals surface area contributed by atoms with Gasteiger partial charge in [0, 0.05) is 54.8 Å². The zero-order valence-electron chi connectivity index (χ0n) is 42.8. The number of aromatic nitrogens is 3. The Morgan fingerprint density at radius 1 is 0.406 bits per heavy atom. The number of anilines is 3. The molecule has 0 unspecified atom stereocenters. The molecule has 0 radical (unpaired) electrons. The number of hydrogen-bond donors (Lipinski definition) is 6. The number of urea groups is 3. The van der Waals surface area contributed by atoms with Crippen LogP contribution in [0, 0.1) is 17.8 Å². The minimum Gasteiger partial charge on any atom is -0.338 e. The lowest BCUT2D eigenvalue weighted by Crippen LogP contribution is -2.57. The Hall–Kier alpha value is -6.12. The predicted octanol–water partition coefficient (Wildman–Crippen LogP) is 10.4. The number of carbonyl (C=O) groups excluding carboxylic acids is 3. The van der Waals surface area contributed by atoms with E-state index in [0.717, 1.165) is 57.8 Å². The van der Waals surface area contributed by atoms with Crippen LogP contribution in [-0.2, 0) is 19.3 Å². The molecule has 6 atom stereocenters. The van der Waals surface area contributed by atoms with E-state index in [-0.39, 0.29) is 55.5 Å². The number of aryl methyl sites for hydroxylation is 3. The second-order valence-corrected chi connectivity index (χ2v) is 19.4. The summed E-state index contributed by atoms with van der Waals surface area (Å²) in [6.07, 6.45) is 10.7. The molecule has 0 bridgehead atoms. The highest BCUT2D eigenvalue weighted by Gasteiger charge is 2.27. The summed E-state index contributed by atoms with van der Waals surface area (Å²) in [5, 5.41) is 17.4. The summed E-state index contributed by atoms with van der Waals surface area (Å²) in [6, 6.07) is 20.4. The van der Waals surface area contributed by atoms with Crippen LogP contribution in [0.4, 0.5) is 31.4 Å². The molecule has 0 aliphatic carbocycles. The van der Waals surface area contributed by atoms with Crippen LogP contribution in [0.1, 0.15) is 155 Å². The summed E-state index contributed by atoms with van der Waals surface area (Å²) < 4.78 is 3.50. The second-order valence-electron chi connectivity index (χ2n) is 19.4. The summed E-state index contributed by atoms with van der Waals surface area (Å²) in [4.78, 5) is 82.0. The highest BCUT2D eigenvalue weighted by molar-refractivity contribution is 5.90. The van der Waals surface area contributed by atoms with Crippen molar-refractivity contribution in [3.8, 4) is 0 Å². The third-order valence-corrected chi connectivity index (χ3v) is 12.7. The Morgan fingerprint density at radius 3 is 0.855 bits per heavy atom. The third-order valence-electron chi connectivity index (χ3n) is 12.7. The number of nitrogens with zero attached hydrogens (tertiary/aromatic N) is 3. The largest absolute Gasteiger partial charge is 0.338 e. The van der Waals surface area contributed by atoms with E-state index in [9.17, 15) is 28.8 Å². The van der Waals surface area contributed by atoms with Gasteiger partial charge in [0.15, 0.2) is 0 Å². The van der Waals surface area contributed by atoms with Gasteiger partial charge in [-0.25, -0.2) is 42.5 Å².